The number of amides is 1. The normalized spacial score (nSPS) is 9.90. The molecule has 6 heteroatoms. The van der Waals surface area contributed by atoms with E-state index in [2.05, 4.69) is 4.74 Å². The summed E-state index contributed by atoms with van der Waals surface area (Å²) in [5.74, 6) is 0.605. The van der Waals surface area contributed by atoms with Crippen molar-refractivity contribution in [1.82, 2.24) is 4.90 Å². The van der Waals surface area contributed by atoms with E-state index in [-0.39, 0.29) is 18.3 Å². The third kappa shape index (κ3) is 4.66. The molecule has 0 aliphatic carbocycles. The molecule has 0 saturated carbocycles. The minimum absolute atomic E-state index is 0.185. The molecule has 6 nitrogen and oxygen atoms in total. The van der Waals surface area contributed by atoms with Crippen LogP contribution in [0.1, 0.15) is 23.2 Å². The summed E-state index contributed by atoms with van der Waals surface area (Å²) in [6.45, 7) is 0.453. The number of benzene rings is 1. The first kappa shape index (κ1) is 16.8. The van der Waals surface area contributed by atoms with Crippen molar-refractivity contribution in [1.29, 1.82) is 0 Å². The number of hydrogen-bond acceptors (Lipinski definition) is 5. The van der Waals surface area contributed by atoms with Crippen LogP contribution in [0, 0.1) is 0 Å². The fourth-order valence-electron chi connectivity index (χ4n) is 1.85. The van der Waals surface area contributed by atoms with E-state index in [0.29, 0.717) is 30.0 Å². The Hall–Kier alpha value is -2.24. The summed E-state index contributed by atoms with van der Waals surface area (Å²) in [5, 5.41) is 0. The Labute approximate surface area is 124 Å². The van der Waals surface area contributed by atoms with Crippen molar-refractivity contribution in [2.45, 2.75) is 12.8 Å². The molecule has 21 heavy (non-hydrogen) atoms. The SMILES string of the molecule is COC(=O)CCCN(C)C(=O)c1cc(OC)ccc1OC. The fraction of sp³-hybridized carbons (Fsp3) is 0.467. The molecule has 0 unspecified atom stereocenters. The minimum Gasteiger partial charge on any atom is -0.497 e. The van der Waals surface area contributed by atoms with Gasteiger partial charge in [-0.05, 0) is 24.6 Å². The van der Waals surface area contributed by atoms with Gasteiger partial charge in [-0.25, -0.2) is 0 Å². The first-order valence-electron chi connectivity index (χ1n) is 6.57. The lowest BCUT2D eigenvalue weighted by molar-refractivity contribution is -0.140. The molecule has 0 atom stereocenters. The number of rotatable bonds is 7. The van der Waals surface area contributed by atoms with Crippen LogP contribution in [-0.2, 0) is 9.53 Å². The second-order valence-corrected chi connectivity index (χ2v) is 4.47. The van der Waals surface area contributed by atoms with Crippen LogP contribution in [0.4, 0.5) is 0 Å². The summed E-state index contributed by atoms with van der Waals surface area (Å²) in [5.41, 5.74) is 0.428. The Morgan fingerprint density at radius 2 is 1.86 bits per heavy atom. The molecule has 0 aromatic heterocycles. The van der Waals surface area contributed by atoms with Crippen molar-refractivity contribution in [3.05, 3.63) is 23.8 Å². The predicted octanol–water partition coefficient (Wildman–Crippen LogP) is 1.73. The average Bonchev–Trinajstić information content (AvgIpc) is 2.52. The van der Waals surface area contributed by atoms with Gasteiger partial charge in [0.25, 0.3) is 5.91 Å². The highest BCUT2D eigenvalue weighted by Gasteiger charge is 2.17. The third-order valence-electron chi connectivity index (χ3n) is 3.09. The van der Waals surface area contributed by atoms with E-state index in [1.165, 1.54) is 21.3 Å². The van der Waals surface area contributed by atoms with Crippen LogP contribution in [0.15, 0.2) is 18.2 Å². The van der Waals surface area contributed by atoms with Crippen molar-refractivity contribution < 1.29 is 23.8 Å². The molecule has 0 spiro atoms. The zero-order valence-corrected chi connectivity index (χ0v) is 12.8. The van der Waals surface area contributed by atoms with E-state index < -0.39 is 0 Å². The number of ether oxygens (including phenoxy) is 3. The molecule has 0 saturated heterocycles. The zero-order chi connectivity index (χ0) is 15.8. The predicted molar refractivity (Wildman–Crippen MR) is 77.8 cm³/mol. The molecule has 0 radical (unpaired) electrons. The molecule has 1 aromatic rings. The Morgan fingerprint density at radius 1 is 1.14 bits per heavy atom. The third-order valence-corrected chi connectivity index (χ3v) is 3.09. The largest absolute Gasteiger partial charge is 0.497 e. The van der Waals surface area contributed by atoms with Crippen molar-refractivity contribution >= 4 is 11.9 Å². The quantitative estimate of drug-likeness (QED) is 0.717. The van der Waals surface area contributed by atoms with Gasteiger partial charge in [-0.15, -0.1) is 0 Å². The molecule has 1 aromatic carbocycles. The van der Waals surface area contributed by atoms with E-state index in [4.69, 9.17) is 9.47 Å². The minimum atomic E-state index is -0.283. The molecular formula is C15H21NO5. The smallest absolute Gasteiger partial charge is 0.305 e. The average molecular weight is 295 g/mol. The van der Waals surface area contributed by atoms with Gasteiger partial charge >= 0.3 is 5.97 Å². The van der Waals surface area contributed by atoms with Gasteiger partial charge in [-0.1, -0.05) is 0 Å². The van der Waals surface area contributed by atoms with Crippen molar-refractivity contribution in [2.24, 2.45) is 0 Å². The topological polar surface area (TPSA) is 65.1 Å². The summed E-state index contributed by atoms with van der Waals surface area (Å²) in [6, 6.07) is 5.05. The lowest BCUT2D eigenvalue weighted by Crippen LogP contribution is -2.28. The van der Waals surface area contributed by atoms with E-state index in [9.17, 15) is 9.59 Å². The molecule has 1 amide bonds. The Morgan fingerprint density at radius 3 is 2.43 bits per heavy atom. The number of carbonyl (C=O) groups is 2. The highest BCUT2D eigenvalue weighted by molar-refractivity contribution is 5.97. The number of hydrogen-bond donors (Lipinski definition) is 0. The molecule has 0 aliphatic rings. The highest BCUT2D eigenvalue weighted by Crippen LogP contribution is 2.25. The first-order valence-corrected chi connectivity index (χ1v) is 6.57. The van der Waals surface area contributed by atoms with Gasteiger partial charge in [-0.3, -0.25) is 9.59 Å². The van der Waals surface area contributed by atoms with Gasteiger partial charge in [0.05, 0.1) is 26.9 Å². The fourth-order valence-corrected chi connectivity index (χ4v) is 1.85. The van der Waals surface area contributed by atoms with Crippen LogP contribution in [0.5, 0.6) is 11.5 Å². The summed E-state index contributed by atoms with van der Waals surface area (Å²) in [7, 11) is 6.07. The van der Waals surface area contributed by atoms with Crippen molar-refractivity contribution in [3.63, 3.8) is 0 Å². The van der Waals surface area contributed by atoms with E-state index >= 15 is 0 Å². The molecule has 0 heterocycles. The summed E-state index contributed by atoms with van der Waals surface area (Å²) in [6.07, 6.45) is 0.824. The van der Waals surface area contributed by atoms with Crippen LogP contribution >= 0.6 is 0 Å². The number of nitrogens with zero attached hydrogens (tertiary/aromatic N) is 1. The maximum atomic E-state index is 12.4. The molecule has 0 aliphatic heterocycles. The van der Waals surface area contributed by atoms with Gasteiger partial charge in [0, 0.05) is 20.0 Å². The van der Waals surface area contributed by atoms with E-state index in [0.717, 1.165) is 0 Å². The van der Waals surface area contributed by atoms with Crippen LogP contribution in [0.25, 0.3) is 0 Å². The lowest BCUT2D eigenvalue weighted by atomic mass is 10.1. The van der Waals surface area contributed by atoms with Crippen molar-refractivity contribution in [2.75, 3.05) is 34.9 Å². The van der Waals surface area contributed by atoms with Crippen LogP contribution in [0.2, 0.25) is 0 Å². The van der Waals surface area contributed by atoms with Gasteiger partial charge < -0.3 is 19.1 Å². The van der Waals surface area contributed by atoms with Gasteiger partial charge in [0.1, 0.15) is 11.5 Å². The van der Waals surface area contributed by atoms with Crippen LogP contribution in [0.3, 0.4) is 0 Å². The molecule has 0 bridgehead atoms. The van der Waals surface area contributed by atoms with E-state index in [1.54, 1.807) is 30.1 Å². The molecule has 0 fully saturated rings. The summed E-state index contributed by atoms with van der Waals surface area (Å²) in [4.78, 5) is 25.0. The highest BCUT2D eigenvalue weighted by atomic mass is 16.5. The molecule has 116 valence electrons. The van der Waals surface area contributed by atoms with E-state index in [1.807, 2.05) is 0 Å². The number of esters is 1. The monoisotopic (exact) mass is 295 g/mol. The summed E-state index contributed by atoms with van der Waals surface area (Å²) >= 11 is 0. The standard InChI is InChI=1S/C15H21NO5/c1-16(9-5-6-14(17)21-4)15(18)12-10-11(19-2)7-8-13(12)20-3/h7-8,10H,5-6,9H2,1-4H3. The Bertz CT molecular complexity index is 501. The number of carbonyl (C=O) groups excluding carboxylic acids is 2. The second kappa shape index (κ2) is 8.14. The van der Waals surface area contributed by atoms with Gasteiger partial charge in [0.2, 0.25) is 0 Å². The zero-order valence-electron chi connectivity index (χ0n) is 12.8. The second-order valence-electron chi connectivity index (χ2n) is 4.47. The Balaban J connectivity index is 2.75. The number of methoxy groups -OCH3 is 3. The summed E-state index contributed by atoms with van der Waals surface area (Å²) < 4.78 is 14.9. The van der Waals surface area contributed by atoms with Gasteiger partial charge in [0.15, 0.2) is 0 Å². The Kier molecular flexibility index (Phi) is 6.52. The van der Waals surface area contributed by atoms with Crippen LogP contribution < -0.4 is 9.47 Å². The maximum Gasteiger partial charge on any atom is 0.305 e. The van der Waals surface area contributed by atoms with Crippen molar-refractivity contribution in [3.8, 4) is 11.5 Å². The van der Waals surface area contributed by atoms with Gasteiger partial charge in [-0.2, -0.15) is 0 Å². The van der Waals surface area contributed by atoms with Crippen LogP contribution in [-0.4, -0.2) is 51.7 Å². The maximum absolute atomic E-state index is 12.4. The molecule has 1 rings (SSSR count). The first-order chi connectivity index (χ1) is 10.0. The molecule has 0 N–H and O–H groups in total. The lowest BCUT2D eigenvalue weighted by Gasteiger charge is -2.18. The molecular weight excluding hydrogens is 274 g/mol.